The molecule has 5 rings (SSSR count). The van der Waals surface area contributed by atoms with E-state index >= 15 is 0 Å². The van der Waals surface area contributed by atoms with Gasteiger partial charge in [-0.3, -0.25) is 4.90 Å². The number of hydrogen-bond acceptors (Lipinski definition) is 3. The van der Waals surface area contributed by atoms with E-state index < -0.39 is 0 Å². The molecule has 0 spiro atoms. The van der Waals surface area contributed by atoms with E-state index in [2.05, 4.69) is 53.5 Å². The summed E-state index contributed by atoms with van der Waals surface area (Å²) < 4.78 is 2.54. The highest BCUT2D eigenvalue weighted by molar-refractivity contribution is 5.80. The predicted molar refractivity (Wildman–Crippen MR) is 129 cm³/mol. The first kappa shape index (κ1) is 21.5. The van der Waals surface area contributed by atoms with Gasteiger partial charge in [-0.1, -0.05) is 20.8 Å². The summed E-state index contributed by atoms with van der Waals surface area (Å²) in [5.41, 5.74) is 3.17. The summed E-state index contributed by atoms with van der Waals surface area (Å²) in [6.07, 6.45) is 15.3. The van der Waals surface area contributed by atoms with Crippen LogP contribution < -0.4 is 0 Å². The van der Waals surface area contributed by atoms with Crippen molar-refractivity contribution in [2.45, 2.75) is 90.8 Å². The molecule has 2 aromatic rings. The van der Waals surface area contributed by atoms with Crippen molar-refractivity contribution >= 4 is 11.0 Å². The Labute approximate surface area is 189 Å². The van der Waals surface area contributed by atoms with E-state index in [1.165, 1.54) is 94.1 Å². The maximum absolute atomic E-state index is 4.82. The minimum Gasteiger partial charge on any atom is -0.329 e. The van der Waals surface area contributed by atoms with Gasteiger partial charge in [0, 0.05) is 49.5 Å². The minimum absolute atomic E-state index is 0.479. The number of hydrogen-bond donors (Lipinski definition) is 0. The van der Waals surface area contributed by atoms with Crippen LogP contribution in [0, 0.1) is 11.3 Å². The molecule has 1 aliphatic carbocycles. The van der Waals surface area contributed by atoms with Gasteiger partial charge in [0.15, 0.2) is 0 Å². The summed E-state index contributed by atoms with van der Waals surface area (Å²) in [7, 11) is 0. The first-order chi connectivity index (χ1) is 15.0. The topological polar surface area (TPSA) is 24.3 Å². The molecule has 2 aromatic heterocycles. The number of aromatic nitrogens is 2. The average molecular weight is 423 g/mol. The third kappa shape index (κ3) is 4.57. The van der Waals surface area contributed by atoms with Gasteiger partial charge in [-0.25, -0.2) is 4.98 Å². The zero-order valence-electron chi connectivity index (χ0n) is 20.0. The van der Waals surface area contributed by atoms with Crippen molar-refractivity contribution in [3.05, 3.63) is 30.1 Å². The molecule has 3 aliphatic rings. The fraction of sp³-hybridized carbons (Fsp3) is 0.741. The van der Waals surface area contributed by atoms with E-state index in [0.29, 0.717) is 11.5 Å². The number of piperidine rings is 1. The highest BCUT2D eigenvalue weighted by Crippen LogP contribution is 2.40. The second-order valence-electron chi connectivity index (χ2n) is 11.6. The van der Waals surface area contributed by atoms with Crippen molar-refractivity contribution in [3.63, 3.8) is 0 Å². The first-order valence-electron chi connectivity index (χ1n) is 12.9. The third-order valence-corrected chi connectivity index (χ3v) is 8.60. The number of pyridine rings is 1. The SMILES string of the molecule is CC(C)(C)[C@H]1CC[C@@H](N2CCC(n3cc(CN4CCCC4)c4cccnc43)CC2)CC1. The molecule has 0 amide bonds. The monoisotopic (exact) mass is 422 g/mol. The molecule has 170 valence electrons. The Balaban J connectivity index is 1.24. The van der Waals surface area contributed by atoms with E-state index in [1.807, 2.05) is 6.20 Å². The molecule has 0 aromatic carbocycles. The standard InChI is InChI=1S/C27H42N4/c1-27(2,3)22-8-10-23(11-9-22)30-17-12-24(13-18-30)31-20-21(19-29-15-4-5-16-29)25-7-6-14-28-26(25)31/h6-7,14,20,22-24H,4-5,8-13,15-19H2,1-3H3/t22-,23+. The van der Waals surface area contributed by atoms with Crippen molar-refractivity contribution in [2.24, 2.45) is 11.3 Å². The lowest BCUT2D eigenvalue weighted by Gasteiger charge is -2.43. The summed E-state index contributed by atoms with van der Waals surface area (Å²) in [5, 5.41) is 1.37. The lowest BCUT2D eigenvalue weighted by atomic mass is 9.71. The van der Waals surface area contributed by atoms with Crippen LogP contribution in [0.3, 0.4) is 0 Å². The van der Waals surface area contributed by atoms with E-state index in [9.17, 15) is 0 Å². The first-order valence-corrected chi connectivity index (χ1v) is 12.9. The average Bonchev–Trinajstić information content (AvgIpc) is 3.42. The normalized spacial score (nSPS) is 27.3. The molecule has 4 nitrogen and oxygen atoms in total. The summed E-state index contributed by atoms with van der Waals surface area (Å²) >= 11 is 0. The quantitative estimate of drug-likeness (QED) is 0.615. The second kappa shape index (κ2) is 8.86. The highest BCUT2D eigenvalue weighted by Gasteiger charge is 2.33. The molecule has 4 heterocycles. The van der Waals surface area contributed by atoms with E-state index in [-0.39, 0.29) is 0 Å². The minimum atomic E-state index is 0.479. The summed E-state index contributed by atoms with van der Waals surface area (Å²) in [6.45, 7) is 13.4. The van der Waals surface area contributed by atoms with Gasteiger partial charge in [0.2, 0.25) is 0 Å². The Kier molecular flexibility index (Phi) is 6.13. The highest BCUT2D eigenvalue weighted by atomic mass is 15.2. The van der Waals surface area contributed by atoms with E-state index in [1.54, 1.807) is 0 Å². The molecule has 0 bridgehead atoms. The van der Waals surface area contributed by atoms with Gasteiger partial charge >= 0.3 is 0 Å². The van der Waals surface area contributed by atoms with Gasteiger partial charge in [0.1, 0.15) is 5.65 Å². The Bertz CT molecular complexity index is 857. The van der Waals surface area contributed by atoms with Gasteiger partial charge in [0.25, 0.3) is 0 Å². The van der Waals surface area contributed by atoms with Crippen LogP contribution in [-0.4, -0.2) is 51.6 Å². The van der Waals surface area contributed by atoms with Crippen LogP contribution in [-0.2, 0) is 6.54 Å². The van der Waals surface area contributed by atoms with Crippen LogP contribution in [0.1, 0.15) is 83.7 Å². The smallest absolute Gasteiger partial charge is 0.140 e. The fourth-order valence-corrected chi connectivity index (χ4v) is 6.57. The lowest BCUT2D eigenvalue weighted by Crippen LogP contribution is -2.44. The molecule has 0 radical (unpaired) electrons. The number of fused-ring (bicyclic) bond motifs is 1. The summed E-state index contributed by atoms with van der Waals surface area (Å²) in [6, 6.07) is 5.82. The van der Waals surface area contributed by atoms with Gasteiger partial charge in [-0.2, -0.15) is 0 Å². The van der Waals surface area contributed by atoms with Crippen LogP contribution in [0.2, 0.25) is 0 Å². The predicted octanol–water partition coefficient (Wildman–Crippen LogP) is 5.87. The van der Waals surface area contributed by atoms with Crippen molar-refractivity contribution < 1.29 is 0 Å². The number of likely N-dealkylation sites (tertiary alicyclic amines) is 2. The Morgan fingerprint density at radius 3 is 2.29 bits per heavy atom. The molecule has 2 aliphatic heterocycles. The van der Waals surface area contributed by atoms with Crippen LogP contribution in [0.25, 0.3) is 11.0 Å². The molecule has 3 fully saturated rings. The van der Waals surface area contributed by atoms with Crippen LogP contribution in [0.4, 0.5) is 0 Å². The molecule has 2 saturated heterocycles. The Morgan fingerprint density at radius 1 is 0.903 bits per heavy atom. The van der Waals surface area contributed by atoms with Gasteiger partial charge in [-0.15, -0.1) is 0 Å². The molecule has 0 unspecified atom stereocenters. The Morgan fingerprint density at radius 2 is 1.61 bits per heavy atom. The fourth-order valence-electron chi connectivity index (χ4n) is 6.57. The van der Waals surface area contributed by atoms with Crippen LogP contribution >= 0.6 is 0 Å². The molecule has 4 heteroatoms. The van der Waals surface area contributed by atoms with Crippen molar-refractivity contribution in [2.75, 3.05) is 26.2 Å². The maximum Gasteiger partial charge on any atom is 0.140 e. The molecular formula is C27H42N4. The number of rotatable bonds is 4. The molecule has 31 heavy (non-hydrogen) atoms. The summed E-state index contributed by atoms with van der Waals surface area (Å²) in [5.74, 6) is 0.910. The van der Waals surface area contributed by atoms with Gasteiger partial charge in [-0.05, 0) is 93.5 Å². The van der Waals surface area contributed by atoms with E-state index in [4.69, 9.17) is 4.98 Å². The van der Waals surface area contributed by atoms with Gasteiger partial charge in [0.05, 0.1) is 0 Å². The zero-order chi connectivity index (χ0) is 21.4. The Hall–Kier alpha value is -1.39. The molecule has 0 atom stereocenters. The van der Waals surface area contributed by atoms with Crippen LogP contribution in [0.15, 0.2) is 24.5 Å². The molecule has 1 saturated carbocycles. The molecular weight excluding hydrogens is 380 g/mol. The summed E-state index contributed by atoms with van der Waals surface area (Å²) in [4.78, 5) is 10.3. The van der Waals surface area contributed by atoms with E-state index in [0.717, 1.165) is 18.5 Å². The second-order valence-corrected chi connectivity index (χ2v) is 11.6. The largest absolute Gasteiger partial charge is 0.329 e. The maximum atomic E-state index is 4.82. The number of nitrogens with zero attached hydrogens (tertiary/aromatic N) is 4. The van der Waals surface area contributed by atoms with Crippen molar-refractivity contribution in [3.8, 4) is 0 Å². The van der Waals surface area contributed by atoms with Crippen molar-refractivity contribution in [1.29, 1.82) is 0 Å². The third-order valence-electron chi connectivity index (χ3n) is 8.60. The van der Waals surface area contributed by atoms with Crippen molar-refractivity contribution in [1.82, 2.24) is 19.4 Å². The lowest BCUT2D eigenvalue weighted by molar-refractivity contribution is 0.0722. The van der Waals surface area contributed by atoms with Crippen LogP contribution in [0.5, 0.6) is 0 Å². The van der Waals surface area contributed by atoms with Gasteiger partial charge < -0.3 is 9.47 Å². The zero-order valence-corrected chi connectivity index (χ0v) is 20.0. The molecule has 0 N–H and O–H groups in total.